The highest BCUT2D eigenvalue weighted by molar-refractivity contribution is 7.89. The van der Waals surface area contributed by atoms with Crippen LogP contribution in [0.4, 0.5) is 0 Å². The molecule has 1 fully saturated rings. The smallest absolute Gasteiger partial charge is 0.309 e. The van der Waals surface area contributed by atoms with Crippen molar-refractivity contribution in [2.24, 2.45) is 0 Å². The number of hydrogen-bond acceptors (Lipinski definition) is 4. The quantitative estimate of drug-likeness (QED) is 0.473. The number of rotatable bonds is 8. The first-order valence-corrected chi connectivity index (χ1v) is 12.7. The minimum atomic E-state index is -3.56. The molecule has 3 rings (SSSR count). The predicted molar refractivity (Wildman–Crippen MR) is 120 cm³/mol. The lowest BCUT2D eigenvalue weighted by Crippen LogP contribution is -2.46. The van der Waals surface area contributed by atoms with Gasteiger partial charge in [-0.2, -0.15) is 4.31 Å². The van der Waals surface area contributed by atoms with Crippen molar-refractivity contribution >= 4 is 21.8 Å². The first kappa shape index (κ1) is 23.5. The van der Waals surface area contributed by atoms with Crippen LogP contribution in [0.25, 0.3) is 0 Å². The van der Waals surface area contributed by atoms with Gasteiger partial charge in [0.05, 0.1) is 4.90 Å². The zero-order valence-corrected chi connectivity index (χ0v) is 18.8. The van der Waals surface area contributed by atoms with Crippen LogP contribution in [0, 0.1) is 0 Å². The second kappa shape index (κ2) is 11.4. The summed E-state index contributed by atoms with van der Waals surface area (Å²) in [4.78, 5) is 24.4. The second-order valence-electron chi connectivity index (χ2n) is 8.24. The number of benzene rings is 1. The largest absolute Gasteiger partial charge is 0.348 e. The van der Waals surface area contributed by atoms with E-state index in [1.54, 1.807) is 34.6 Å². The highest BCUT2D eigenvalue weighted by atomic mass is 32.2. The zero-order chi connectivity index (χ0) is 22.1. The molecule has 1 unspecified atom stereocenters. The first-order valence-electron chi connectivity index (χ1n) is 11.3. The molecule has 7 nitrogen and oxygen atoms in total. The Morgan fingerprint density at radius 3 is 2.42 bits per heavy atom. The second-order valence-corrected chi connectivity index (χ2v) is 10.1. The number of piperidine rings is 1. The van der Waals surface area contributed by atoms with E-state index in [2.05, 4.69) is 16.7 Å². The summed E-state index contributed by atoms with van der Waals surface area (Å²) in [7, 11) is -3.56. The van der Waals surface area contributed by atoms with Crippen LogP contribution in [-0.2, 0) is 19.6 Å². The third-order valence-electron chi connectivity index (χ3n) is 6.01. The van der Waals surface area contributed by atoms with E-state index in [9.17, 15) is 18.0 Å². The maximum absolute atomic E-state index is 13.0. The molecule has 1 aliphatic heterocycles. The van der Waals surface area contributed by atoms with Gasteiger partial charge in [0.1, 0.15) is 0 Å². The fourth-order valence-corrected chi connectivity index (χ4v) is 6.03. The molecule has 0 aromatic heterocycles. The van der Waals surface area contributed by atoms with Crippen LogP contribution in [0.5, 0.6) is 0 Å². The third kappa shape index (κ3) is 6.64. The van der Waals surface area contributed by atoms with Crippen LogP contribution in [0.15, 0.2) is 46.9 Å². The molecule has 31 heavy (non-hydrogen) atoms. The number of sulfonamides is 1. The van der Waals surface area contributed by atoms with E-state index in [1.165, 1.54) is 18.4 Å². The number of carbonyl (C=O) groups excluding carboxylic acids is 2. The first-order chi connectivity index (χ1) is 15.0. The van der Waals surface area contributed by atoms with Gasteiger partial charge in [-0.25, -0.2) is 8.42 Å². The predicted octanol–water partition coefficient (Wildman–Crippen LogP) is 2.74. The van der Waals surface area contributed by atoms with Gasteiger partial charge in [-0.15, -0.1) is 0 Å². The lowest BCUT2D eigenvalue weighted by Gasteiger charge is -2.34. The minimum absolute atomic E-state index is 0.180. The molecule has 0 spiro atoms. The van der Waals surface area contributed by atoms with Crippen LogP contribution in [0.3, 0.4) is 0 Å². The highest BCUT2D eigenvalue weighted by Gasteiger charge is 2.33. The van der Waals surface area contributed by atoms with Crippen LogP contribution in [0.2, 0.25) is 0 Å². The standard InChI is InChI=1S/C23H33N3O4S/c27-22(24-16-14-19-9-3-1-4-10-19)23(28)25-17-15-20-11-7-8-18-26(20)31(29,30)21-12-5-2-6-13-21/h2,5-6,9,12-13,20H,1,3-4,7-8,10-11,14-18H2,(H,24,27)(H,25,28). The van der Waals surface area contributed by atoms with Gasteiger partial charge in [0.2, 0.25) is 10.0 Å². The van der Waals surface area contributed by atoms with Crippen LogP contribution >= 0.6 is 0 Å². The maximum atomic E-state index is 13.0. The van der Waals surface area contributed by atoms with E-state index in [-0.39, 0.29) is 12.6 Å². The van der Waals surface area contributed by atoms with Crippen molar-refractivity contribution < 1.29 is 18.0 Å². The van der Waals surface area contributed by atoms with E-state index in [1.807, 2.05) is 0 Å². The maximum Gasteiger partial charge on any atom is 0.309 e. The Labute approximate surface area is 185 Å². The van der Waals surface area contributed by atoms with Crippen molar-refractivity contribution in [1.82, 2.24) is 14.9 Å². The van der Waals surface area contributed by atoms with E-state index in [0.717, 1.165) is 38.5 Å². The van der Waals surface area contributed by atoms with Crippen molar-refractivity contribution in [2.45, 2.75) is 68.7 Å². The van der Waals surface area contributed by atoms with Crippen molar-refractivity contribution in [1.29, 1.82) is 0 Å². The molecule has 170 valence electrons. The van der Waals surface area contributed by atoms with Gasteiger partial charge >= 0.3 is 11.8 Å². The fourth-order valence-electron chi connectivity index (χ4n) is 4.29. The molecule has 1 aromatic rings. The van der Waals surface area contributed by atoms with E-state index in [0.29, 0.717) is 24.4 Å². The van der Waals surface area contributed by atoms with Gasteiger partial charge in [0.15, 0.2) is 0 Å². The number of carbonyl (C=O) groups is 2. The van der Waals surface area contributed by atoms with E-state index in [4.69, 9.17) is 0 Å². The molecule has 1 saturated heterocycles. The molecular formula is C23H33N3O4S. The van der Waals surface area contributed by atoms with Gasteiger partial charge < -0.3 is 10.6 Å². The molecule has 0 saturated carbocycles. The van der Waals surface area contributed by atoms with Crippen LogP contribution in [-0.4, -0.2) is 50.2 Å². The lowest BCUT2D eigenvalue weighted by molar-refractivity contribution is -0.139. The van der Waals surface area contributed by atoms with Crippen molar-refractivity contribution in [2.75, 3.05) is 19.6 Å². The minimum Gasteiger partial charge on any atom is -0.348 e. The van der Waals surface area contributed by atoms with Gasteiger partial charge in [-0.1, -0.05) is 36.3 Å². The molecule has 8 heteroatoms. The molecule has 0 radical (unpaired) electrons. The van der Waals surface area contributed by atoms with Crippen molar-refractivity contribution in [3.05, 3.63) is 42.0 Å². The molecule has 1 aliphatic carbocycles. The van der Waals surface area contributed by atoms with Gasteiger partial charge in [-0.05, 0) is 63.5 Å². The average Bonchev–Trinajstić information content (AvgIpc) is 2.80. The Balaban J connectivity index is 1.45. The summed E-state index contributed by atoms with van der Waals surface area (Å²) in [5.41, 5.74) is 1.35. The normalized spacial score (nSPS) is 20.0. The van der Waals surface area contributed by atoms with E-state index >= 15 is 0 Å². The molecule has 1 heterocycles. The number of amides is 2. The Kier molecular flexibility index (Phi) is 8.66. The molecule has 2 N–H and O–H groups in total. The summed E-state index contributed by atoms with van der Waals surface area (Å²) in [6, 6.07) is 8.26. The topological polar surface area (TPSA) is 95.6 Å². The van der Waals surface area contributed by atoms with Gasteiger partial charge in [0.25, 0.3) is 0 Å². The number of nitrogens with one attached hydrogen (secondary N) is 2. The Bertz CT molecular complexity index is 883. The average molecular weight is 448 g/mol. The van der Waals surface area contributed by atoms with E-state index < -0.39 is 21.8 Å². The zero-order valence-electron chi connectivity index (χ0n) is 18.0. The molecule has 0 bridgehead atoms. The Morgan fingerprint density at radius 2 is 1.71 bits per heavy atom. The molecule has 2 amide bonds. The van der Waals surface area contributed by atoms with Crippen molar-refractivity contribution in [3.63, 3.8) is 0 Å². The lowest BCUT2D eigenvalue weighted by atomic mass is 9.97. The fraction of sp³-hybridized carbons (Fsp3) is 0.565. The van der Waals surface area contributed by atoms with Crippen LogP contribution in [0.1, 0.15) is 57.8 Å². The van der Waals surface area contributed by atoms with Crippen molar-refractivity contribution in [3.8, 4) is 0 Å². The summed E-state index contributed by atoms with van der Waals surface area (Å²) in [5, 5.41) is 5.32. The molecule has 1 atom stereocenters. The molecular weight excluding hydrogens is 414 g/mol. The number of allylic oxidation sites excluding steroid dienone is 1. The number of hydrogen-bond donors (Lipinski definition) is 2. The SMILES string of the molecule is O=C(NCCC1=CCCCC1)C(=O)NCCC1CCCCN1S(=O)(=O)c1ccccc1. The summed E-state index contributed by atoms with van der Waals surface area (Å²) < 4.78 is 27.6. The third-order valence-corrected chi connectivity index (χ3v) is 7.98. The Morgan fingerprint density at radius 1 is 0.968 bits per heavy atom. The number of nitrogens with zero attached hydrogens (tertiary/aromatic N) is 1. The highest BCUT2D eigenvalue weighted by Crippen LogP contribution is 2.26. The van der Waals surface area contributed by atoms with Gasteiger partial charge in [-0.3, -0.25) is 9.59 Å². The van der Waals surface area contributed by atoms with Crippen LogP contribution < -0.4 is 10.6 Å². The molecule has 2 aliphatic rings. The van der Waals surface area contributed by atoms with Gasteiger partial charge in [0, 0.05) is 25.7 Å². The summed E-state index contributed by atoms with van der Waals surface area (Å²) in [6.07, 6.45) is 10.6. The summed E-state index contributed by atoms with van der Waals surface area (Å²) in [6.45, 7) is 1.21. The summed E-state index contributed by atoms with van der Waals surface area (Å²) in [5.74, 6) is -1.29. The monoisotopic (exact) mass is 447 g/mol. The molecule has 1 aromatic carbocycles. The Hall–Kier alpha value is -2.19. The summed E-state index contributed by atoms with van der Waals surface area (Å²) >= 11 is 0.